The standard InChI is InChI=1S/C29H28ClN5O4S/c1-19(29(36)37)21-16-22-24(17-25(21)39-12-4-9-35-10-13-38-14-11-35)32-18-33-28(22)34-20-6-7-26(23(30)15-20)40-27-5-2-3-8-31-27/h2-3,5-8,15-18H,1,4,9-14H2,(H,36,37)(H,32,33,34). The molecule has 0 amide bonds. The molecule has 1 aliphatic heterocycles. The van der Waals surface area contributed by atoms with Crippen molar-refractivity contribution >= 4 is 57.3 Å². The molecule has 2 aromatic carbocycles. The molecule has 9 nitrogen and oxygen atoms in total. The lowest BCUT2D eigenvalue weighted by Gasteiger charge is -2.26. The van der Waals surface area contributed by atoms with Gasteiger partial charge in [0.25, 0.3) is 0 Å². The molecule has 2 aromatic heterocycles. The molecule has 0 aliphatic carbocycles. The first-order valence-corrected chi connectivity index (χ1v) is 14.0. The van der Waals surface area contributed by atoms with Crippen LogP contribution in [0.15, 0.2) is 77.6 Å². The van der Waals surface area contributed by atoms with Gasteiger partial charge in [-0.2, -0.15) is 0 Å². The molecule has 2 N–H and O–H groups in total. The number of pyridine rings is 1. The molecular weight excluding hydrogens is 550 g/mol. The van der Waals surface area contributed by atoms with Gasteiger partial charge >= 0.3 is 5.97 Å². The van der Waals surface area contributed by atoms with Crippen LogP contribution in [0.4, 0.5) is 11.5 Å². The Kier molecular flexibility index (Phi) is 9.12. The van der Waals surface area contributed by atoms with Crippen molar-refractivity contribution in [3.05, 3.63) is 78.2 Å². The molecule has 0 atom stereocenters. The van der Waals surface area contributed by atoms with Gasteiger partial charge in [-0.25, -0.2) is 19.7 Å². The fraction of sp³-hybridized carbons (Fsp3) is 0.241. The lowest BCUT2D eigenvalue weighted by Crippen LogP contribution is -2.37. The Morgan fingerprint density at radius 1 is 1.15 bits per heavy atom. The summed E-state index contributed by atoms with van der Waals surface area (Å²) in [5.74, 6) is -0.202. The summed E-state index contributed by atoms with van der Waals surface area (Å²) in [6.07, 6.45) is 3.98. The molecule has 4 aromatic rings. The van der Waals surface area contributed by atoms with Crippen LogP contribution in [0.25, 0.3) is 16.5 Å². The second kappa shape index (κ2) is 13.1. The van der Waals surface area contributed by atoms with Crippen molar-refractivity contribution in [2.24, 2.45) is 0 Å². The van der Waals surface area contributed by atoms with Crippen LogP contribution in [-0.2, 0) is 9.53 Å². The number of hydrogen-bond acceptors (Lipinski definition) is 9. The number of morpholine rings is 1. The van der Waals surface area contributed by atoms with E-state index in [2.05, 4.69) is 31.7 Å². The highest BCUT2D eigenvalue weighted by Crippen LogP contribution is 2.36. The van der Waals surface area contributed by atoms with E-state index >= 15 is 0 Å². The minimum Gasteiger partial charge on any atom is -0.493 e. The van der Waals surface area contributed by atoms with Crippen LogP contribution in [0.1, 0.15) is 12.0 Å². The van der Waals surface area contributed by atoms with Gasteiger partial charge in [-0.1, -0.05) is 36.0 Å². The van der Waals surface area contributed by atoms with Gasteiger partial charge in [-0.3, -0.25) is 4.90 Å². The van der Waals surface area contributed by atoms with E-state index in [4.69, 9.17) is 21.1 Å². The third kappa shape index (κ3) is 6.89. The van der Waals surface area contributed by atoms with Crippen LogP contribution in [-0.4, -0.2) is 70.4 Å². The molecule has 1 saturated heterocycles. The third-order valence-electron chi connectivity index (χ3n) is 6.35. The highest BCUT2D eigenvalue weighted by Gasteiger charge is 2.18. The summed E-state index contributed by atoms with van der Waals surface area (Å²) in [6.45, 7) is 8.37. The maximum Gasteiger partial charge on any atom is 0.335 e. The van der Waals surface area contributed by atoms with Gasteiger partial charge in [0.05, 0.1) is 35.9 Å². The number of nitrogens with one attached hydrogen (secondary N) is 1. The van der Waals surface area contributed by atoms with Gasteiger partial charge in [-0.05, 0) is 42.8 Å². The number of benzene rings is 2. The highest BCUT2D eigenvalue weighted by molar-refractivity contribution is 7.99. The second-order valence-electron chi connectivity index (χ2n) is 9.07. The molecule has 0 bridgehead atoms. The Hall–Kier alpha value is -3.70. The maximum absolute atomic E-state index is 11.9. The average Bonchev–Trinajstić information content (AvgIpc) is 2.97. The van der Waals surface area contributed by atoms with Crippen molar-refractivity contribution < 1.29 is 19.4 Å². The Bertz CT molecular complexity index is 1520. The van der Waals surface area contributed by atoms with E-state index in [0.717, 1.165) is 54.9 Å². The number of carbonyl (C=O) groups is 1. The fourth-order valence-electron chi connectivity index (χ4n) is 4.27. The molecule has 1 aliphatic rings. The van der Waals surface area contributed by atoms with E-state index in [-0.39, 0.29) is 5.57 Å². The van der Waals surface area contributed by atoms with Crippen LogP contribution in [0, 0.1) is 0 Å². The molecular formula is C29H28ClN5O4S. The zero-order valence-electron chi connectivity index (χ0n) is 21.7. The van der Waals surface area contributed by atoms with Crippen molar-refractivity contribution in [2.75, 3.05) is 44.8 Å². The number of carboxylic acids is 1. The highest BCUT2D eigenvalue weighted by atomic mass is 35.5. The smallest absolute Gasteiger partial charge is 0.335 e. The van der Waals surface area contributed by atoms with Crippen LogP contribution in [0.5, 0.6) is 5.75 Å². The molecule has 0 spiro atoms. The molecule has 0 saturated carbocycles. The van der Waals surface area contributed by atoms with Gasteiger partial charge in [0.1, 0.15) is 22.9 Å². The molecule has 0 radical (unpaired) electrons. The van der Waals surface area contributed by atoms with E-state index in [1.54, 1.807) is 18.3 Å². The number of nitrogens with zero attached hydrogens (tertiary/aromatic N) is 4. The van der Waals surface area contributed by atoms with Gasteiger partial charge in [0.2, 0.25) is 0 Å². The third-order valence-corrected chi connectivity index (χ3v) is 7.80. The number of carboxylic acid groups (broad SMARTS) is 1. The van der Waals surface area contributed by atoms with Crippen molar-refractivity contribution in [3.8, 4) is 5.75 Å². The first kappa shape index (κ1) is 27.9. The van der Waals surface area contributed by atoms with Crippen molar-refractivity contribution in [3.63, 3.8) is 0 Å². The van der Waals surface area contributed by atoms with E-state index in [1.165, 1.54) is 18.1 Å². The molecule has 0 unspecified atom stereocenters. The lowest BCUT2D eigenvalue weighted by molar-refractivity contribution is -0.130. The van der Waals surface area contributed by atoms with E-state index in [1.807, 2.05) is 36.4 Å². The predicted molar refractivity (Wildman–Crippen MR) is 157 cm³/mol. The van der Waals surface area contributed by atoms with Crippen molar-refractivity contribution in [2.45, 2.75) is 16.3 Å². The summed E-state index contributed by atoms with van der Waals surface area (Å²) < 4.78 is 11.5. The molecule has 1 fully saturated rings. The van der Waals surface area contributed by atoms with E-state index < -0.39 is 5.97 Å². The van der Waals surface area contributed by atoms with E-state index in [0.29, 0.717) is 39.7 Å². The van der Waals surface area contributed by atoms with Crippen molar-refractivity contribution in [1.82, 2.24) is 19.9 Å². The average molecular weight is 578 g/mol. The lowest BCUT2D eigenvalue weighted by atomic mass is 10.0. The number of anilines is 2. The normalized spacial score (nSPS) is 13.7. The Labute approximate surface area is 241 Å². The van der Waals surface area contributed by atoms with Crippen molar-refractivity contribution in [1.29, 1.82) is 0 Å². The van der Waals surface area contributed by atoms with Crippen LogP contribution in [0.2, 0.25) is 5.02 Å². The molecule has 3 heterocycles. The van der Waals surface area contributed by atoms with Gasteiger partial charge in [-0.15, -0.1) is 0 Å². The summed E-state index contributed by atoms with van der Waals surface area (Å²) in [7, 11) is 0. The largest absolute Gasteiger partial charge is 0.493 e. The van der Waals surface area contributed by atoms with E-state index in [9.17, 15) is 9.90 Å². The molecule has 11 heteroatoms. The minimum atomic E-state index is -1.13. The number of hydrogen-bond donors (Lipinski definition) is 2. The number of fused-ring (bicyclic) bond motifs is 1. The SMILES string of the molecule is C=C(C(=O)O)c1cc2c(Nc3ccc(Sc4ccccn4)c(Cl)c3)ncnc2cc1OCCCN1CCOCC1. The predicted octanol–water partition coefficient (Wildman–Crippen LogP) is 5.77. The summed E-state index contributed by atoms with van der Waals surface area (Å²) in [5, 5.41) is 15.0. The van der Waals surface area contributed by atoms with Crippen LogP contribution >= 0.6 is 23.4 Å². The van der Waals surface area contributed by atoms with Crippen LogP contribution < -0.4 is 10.1 Å². The van der Waals surface area contributed by atoms with Gasteiger partial charge < -0.3 is 19.9 Å². The summed E-state index contributed by atoms with van der Waals surface area (Å²) in [4.78, 5) is 28.2. The fourth-order valence-corrected chi connectivity index (χ4v) is 5.34. The number of aliphatic carboxylic acids is 1. The number of rotatable bonds is 11. The van der Waals surface area contributed by atoms with Gasteiger partial charge in [0, 0.05) is 53.4 Å². The topological polar surface area (TPSA) is 110 Å². The minimum absolute atomic E-state index is 0.0705. The number of halogens is 1. The molecule has 40 heavy (non-hydrogen) atoms. The molecule has 206 valence electrons. The number of ether oxygens (including phenoxy) is 2. The zero-order valence-corrected chi connectivity index (χ0v) is 23.2. The first-order valence-electron chi connectivity index (χ1n) is 12.8. The summed E-state index contributed by atoms with van der Waals surface area (Å²) in [5.41, 5.74) is 1.64. The molecule has 5 rings (SSSR count). The summed E-state index contributed by atoms with van der Waals surface area (Å²) in [6, 6.07) is 14.8. The second-order valence-corrected chi connectivity index (χ2v) is 10.5. The maximum atomic E-state index is 11.9. The summed E-state index contributed by atoms with van der Waals surface area (Å²) >= 11 is 8.05. The Balaban J connectivity index is 1.36. The monoisotopic (exact) mass is 577 g/mol. The first-order chi connectivity index (χ1) is 19.5. The quantitative estimate of drug-likeness (QED) is 0.168. The van der Waals surface area contributed by atoms with Gasteiger partial charge in [0.15, 0.2) is 0 Å². The Morgan fingerprint density at radius 3 is 2.75 bits per heavy atom. The Morgan fingerprint density at radius 2 is 2.00 bits per heavy atom. The zero-order chi connectivity index (χ0) is 27.9. The van der Waals surface area contributed by atoms with Crippen LogP contribution in [0.3, 0.4) is 0 Å². The number of aromatic nitrogens is 3.